The van der Waals surface area contributed by atoms with Crippen LogP contribution >= 0.6 is 22.6 Å². The molecule has 4 rings (SSSR count). The van der Waals surface area contributed by atoms with Crippen LogP contribution in [0.2, 0.25) is 0 Å². The number of hydrogen-bond acceptors (Lipinski definition) is 4. The number of rotatable bonds is 14. The molecule has 0 unspecified atom stereocenters. The van der Waals surface area contributed by atoms with Gasteiger partial charge in [0.15, 0.2) is 0 Å². The Morgan fingerprint density at radius 2 is 1.35 bits per heavy atom. The minimum Gasteiger partial charge on any atom is -0.354 e. The molecule has 0 saturated carbocycles. The first kappa shape index (κ1) is 32.2. The highest BCUT2D eigenvalue weighted by molar-refractivity contribution is 14.1. The average molecular weight is 710 g/mol. The third kappa shape index (κ3) is 8.90. The topological polar surface area (TPSA) is 86.8 Å². The zero-order chi connectivity index (χ0) is 30.7. The van der Waals surface area contributed by atoms with E-state index in [1.54, 1.807) is 42.5 Å². The van der Waals surface area contributed by atoms with Gasteiger partial charge in [0.25, 0.3) is 10.0 Å². The molecule has 0 spiro atoms. The predicted octanol–water partition coefficient (Wildman–Crippen LogP) is 6.04. The average Bonchev–Trinajstić information content (AvgIpc) is 3.03. The van der Waals surface area contributed by atoms with Crippen molar-refractivity contribution in [2.45, 2.75) is 43.7 Å². The molecule has 0 aliphatic rings. The van der Waals surface area contributed by atoms with Crippen molar-refractivity contribution in [1.29, 1.82) is 0 Å². The van der Waals surface area contributed by atoms with Crippen molar-refractivity contribution in [1.82, 2.24) is 10.2 Å². The monoisotopic (exact) mass is 709 g/mol. The van der Waals surface area contributed by atoms with Crippen LogP contribution < -0.4 is 9.62 Å². The van der Waals surface area contributed by atoms with Crippen LogP contribution in [0.1, 0.15) is 30.9 Å². The van der Waals surface area contributed by atoms with Crippen LogP contribution in [0, 0.1) is 3.57 Å². The fourth-order valence-electron chi connectivity index (χ4n) is 4.70. The maximum Gasteiger partial charge on any atom is 0.264 e. The van der Waals surface area contributed by atoms with Crippen molar-refractivity contribution in [3.8, 4) is 0 Å². The third-order valence-electron chi connectivity index (χ3n) is 7.02. The SMILES string of the molecule is CCCCNC(=O)[C@H](Cc1ccccc1)N(Cc1ccccc1)C(=O)CN(c1ccc(I)cc1)S(=O)(=O)c1ccccc1. The summed E-state index contributed by atoms with van der Waals surface area (Å²) in [7, 11) is -4.11. The standard InChI is InChI=1S/C34H36IN3O4S/c1-2-3-23-36-34(40)32(24-27-13-7-4-8-14-27)37(25-28-15-9-5-10-16-28)33(39)26-38(30-21-19-29(35)20-22-30)43(41,42)31-17-11-6-12-18-31/h4-22,32H,2-3,23-26H2,1H3,(H,36,40)/t32-/m0/s1. The number of carbonyl (C=O) groups excluding carboxylic acids is 2. The Bertz CT molecular complexity index is 1570. The maximum atomic E-state index is 14.4. The number of unbranched alkanes of at least 4 members (excludes halogenated alkanes) is 1. The lowest BCUT2D eigenvalue weighted by atomic mass is 10.0. The Labute approximate surface area is 268 Å². The third-order valence-corrected chi connectivity index (χ3v) is 9.53. The summed E-state index contributed by atoms with van der Waals surface area (Å²) in [6.45, 7) is 2.21. The molecule has 0 aromatic heterocycles. The molecule has 2 amide bonds. The van der Waals surface area contributed by atoms with Crippen LogP contribution in [0.4, 0.5) is 5.69 Å². The summed E-state index contributed by atoms with van der Waals surface area (Å²) in [4.78, 5) is 29.7. The van der Waals surface area contributed by atoms with Gasteiger partial charge in [-0.15, -0.1) is 0 Å². The van der Waals surface area contributed by atoms with E-state index in [0.29, 0.717) is 12.2 Å². The molecular formula is C34H36IN3O4S. The van der Waals surface area contributed by atoms with Gasteiger partial charge in [0.1, 0.15) is 12.6 Å². The summed E-state index contributed by atoms with van der Waals surface area (Å²) in [5, 5.41) is 3.01. The second kappa shape index (κ2) is 15.7. The van der Waals surface area contributed by atoms with Gasteiger partial charge in [-0.3, -0.25) is 13.9 Å². The van der Waals surface area contributed by atoms with Crippen LogP contribution in [0.3, 0.4) is 0 Å². The number of nitrogens with zero attached hydrogens (tertiary/aromatic N) is 2. The van der Waals surface area contributed by atoms with E-state index >= 15 is 0 Å². The highest BCUT2D eigenvalue weighted by Gasteiger charge is 2.34. The van der Waals surface area contributed by atoms with E-state index in [0.717, 1.165) is 31.8 Å². The smallest absolute Gasteiger partial charge is 0.264 e. The molecule has 0 aliphatic heterocycles. The number of halogens is 1. The quantitative estimate of drug-likeness (QED) is 0.128. The van der Waals surface area contributed by atoms with Gasteiger partial charge in [0.2, 0.25) is 11.8 Å². The highest BCUT2D eigenvalue weighted by Crippen LogP contribution is 2.26. The summed E-state index contributed by atoms with van der Waals surface area (Å²) in [5.41, 5.74) is 2.10. The molecule has 0 radical (unpaired) electrons. The van der Waals surface area contributed by atoms with Crippen molar-refractivity contribution < 1.29 is 18.0 Å². The minimum absolute atomic E-state index is 0.0779. The van der Waals surface area contributed by atoms with Gasteiger partial charge < -0.3 is 10.2 Å². The van der Waals surface area contributed by atoms with Crippen molar-refractivity contribution in [3.63, 3.8) is 0 Å². The second-order valence-electron chi connectivity index (χ2n) is 10.2. The number of carbonyl (C=O) groups is 2. The fourth-order valence-corrected chi connectivity index (χ4v) is 6.49. The fraction of sp³-hybridized carbons (Fsp3) is 0.235. The maximum absolute atomic E-state index is 14.4. The molecular weight excluding hydrogens is 673 g/mol. The minimum atomic E-state index is -4.11. The lowest BCUT2D eigenvalue weighted by Crippen LogP contribution is -2.53. The largest absolute Gasteiger partial charge is 0.354 e. The molecule has 0 fully saturated rings. The first-order valence-corrected chi connectivity index (χ1v) is 16.8. The van der Waals surface area contributed by atoms with Gasteiger partial charge in [0, 0.05) is 23.1 Å². The van der Waals surface area contributed by atoms with Crippen molar-refractivity contribution in [2.24, 2.45) is 0 Å². The van der Waals surface area contributed by atoms with Gasteiger partial charge in [-0.25, -0.2) is 8.42 Å². The summed E-state index contributed by atoms with van der Waals surface area (Å²) in [6.07, 6.45) is 2.01. The Morgan fingerprint density at radius 3 is 1.93 bits per heavy atom. The molecule has 0 saturated heterocycles. The van der Waals surface area contributed by atoms with Crippen molar-refractivity contribution >= 4 is 50.1 Å². The van der Waals surface area contributed by atoms with Gasteiger partial charge >= 0.3 is 0 Å². The van der Waals surface area contributed by atoms with E-state index in [2.05, 4.69) is 27.9 Å². The van der Waals surface area contributed by atoms with Crippen LogP contribution in [-0.2, 0) is 32.6 Å². The van der Waals surface area contributed by atoms with E-state index in [1.165, 1.54) is 17.0 Å². The van der Waals surface area contributed by atoms with Crippen molar-refractivity contribution in [3.05, 3.63) is 130 Å². The van der Waals surface area contributed by atoms with Gasteiger partial charge in [-0.1, -0.05) is 92.2 Å². The summed E-state index contributed by atoms with van der Waals surface area (Å²) in [6, 6.07) is 33.2. The summed E-state index contributed by atoms with van der Waals surface area (Å²) in [5.74, 6) is -0.748. The number of amides is 2. The summed E-state index contributed by atoms with van der Waals surface area (Å²) >= 11 is 2.15. The molecule has 4 aromatic rings. The number of nitrogens with one attached hydrogen (secondary N) is 1. The highest BCUT2D eigenvalue weighted by atomic mass is 127. The molecule has 4 aromatic carbocycles. The zero-order valence-electron chi connectivity index (χ0n) is 24.1. The van der Waals surface area contributed by atoms with E-state index in [9.17, 15) is 18.0 Å². The Hall–Kier alpha value is -3.70. The molecule has 1 N–H and O–H groups in total. The van der Waals surface area contributed by atoms with Crippen LogP contribution in [0.5, 0.6) is 0 Å². The number of benzene rings is 4. The molecule has 0 aliphatic carbocycles. The van der Waals surface area contributed by atoms with E-state index in [-0.39, 0.29) is 23.8 Å². The number of anilines is 1. The molecule has 224 valence electrons. The Morgan fingerprint density at radius 1 is 0.791 bits per heavy atom. The molecule has 0 bridgehead atoms. The normalized spacial score (nSPS) is 11.9. The van der Waals surface area contributed by atoms with E-state index in [4.69, 9.17) is 0 Å². The first-order valence-electron chi connectivity index (χ1n) is 14.3. The molecule has 9 heteroatoms. The summed E-state index contributed by atoms with van der Waals surface area (Å²) < 4.78 is 30.0. The van der Waals surface area contributed by atoms with Crippen LogP contribution in [0.25, 0.3) is 0 Å². The molecule has 43 heavy (non-hydrogen) atoms. The first-order chi connectivity index (χ1) is 20.8. The number of hydrogen-bond donors (Lipinski definition) is 1. The molecule has 0 heterocycles. The molecule has 7 nitrogen and oxygen atoms in total. The molecule has 1 atom stereocenters. The van der Waals surface area contributed by atoms with Crippen LogP contribution in [0.15, 0.2) is 120 Å². The van der Waals surface area contributed by atoms with Gasteiger partial charge in [-0.05, 0) is 76.5 Å². The Balaban J connectivity index is 1.76. The van der Waals surface area contributed by atoms with Gasteiger partial charge in [-0.2, -0.15) is 0 Å². The predicted molar refractivity (Wildman–Crippen MR) is 179 cm³/mol. The lowest BCUT2D eigenvalue weighted by Gasteiger charge is -2.34. The second-order valence-corrected chi connectivity index (χ2v) is 13.3. The van der Waals surface area contributed by atoms with E-state index in [1.807, 2.05) is 67.6 Å². The number of sulfonamides is 1. The lowest BCUT2D eigenvalue weighted by molar-refractivity contribution is -0.140. The van der Waals surface area contributed by atoms with E-state index < -0.39 is 28.5 Å². The van der Waals surface area contributed by atoms with Crippen molar-refractivity contribution in [2.75, 3.05) is 17.4 Å². The van der Waals surface area contributed by atoms with Gasteiger partial charge in [0.05, 0.1) is 10.6 Å². The zero-order valence-corrected chi connectivity index (χ0v) is 27.1. The van der Waals surface area contributed by atoms with Crippen LogP contribution in [-0.4, -0.2) is 44.3 Å². The Kier molecular flexibility index (Phi) is 11.7.